The predicted octanol–water partition coefficient (Wildman–Crippen LogP) is 3.08. The van der Waals surface area contributed by atoms with E-state index in [9.17, 15) is 4.39 Å². The van der Waals surface area contributed by atoms with E-state index >= 15 is 0 Å². The summed E-state index contributed by atoms with van der Waals surface area (Å²) in [5, 5.41) is 3.45. The van der Waals surface area contributed by atoms with Crippen molar-refractivity contribution in [1.29, 1.82) is 0 Å². The Morgan fingerprint density at radius 2 is 2.06 bits per heavy atom. The van der Waals surface area contributed by atoms with Gasteiger partial charge >= 0.3 is 0 Å². The van der Waals surface area contributed by atoms with Gasteiger partial charge < -0.3 is 10.1 Å². The van der Waals surface area contributed by atoms with Gasteiger partial charge in [0.15, 0.2) is 0 Å². The van der Waals surface area contributed by atoms with Crippen LogP contribution in [0.2, 0.25) is 0 Å². The summed E-state index contributed by atoms with van der Waals surface area (Å²) in [7, 11) is 1.72. The molecule has 0 bridgehead atoms. The highest BCUT2D eigenvalue weighted by Gasteiger charge is 2.28. The third-order valence-electron chi connectivity index (χ3n) is 3.54. The normalized spacial score (nSPS) is 13.7. The van der Waals surface area contributed by atoms with Gasteiger partial charge in [-0.3, -0.25) is 0 Å². The van der Waals surface area contributed by atoms with Gasteiger partial charge in [-0.1, -0.05) is 13.0 Å². The van der Waals surface area contributed by atoms with Crippen molar-refractivity contribution in [2.75, 3.05) is 13.7 Å². The van der Waals surface area contributed by atoms with Crippen LogP contribution in [0.1, 0.15) is 31.9 Å². The molecular formula is C15H24FNO. The number of aryl methyl sites for hydroxylation is 1. The zero-order valence-corrected chi connectivity index (χ0v) is 12.0. The Labute approximate surface area is 110 Å². The third-order valence-corrected chi connectivity index (χ3v) is 3.54. The van der Waals surface area contributed by atoms with E-state index in [1.54, 1.807) is 13.2 Å². The van der Waals surface area contributed by atoms with Crippen LogP contribution in [-0.4, -0.2) is 25.3 Å². The van der Waals surface area contributed by atoms with Crippen molar-refractivity contribution < 1.29 is 9.13 Å². The largest absolute Gasteiger partial charge is 0.377 e. The lowest BCUT2D eigenvalue weighted by molar-refractivity contribution is -0.00963. The lowest BCUT2D eigenvalue weighted by Crippen LogP contribution is -2.49. The van der Waals surface area contributed by atoms with Gasteiger partial charge in [0.25, 0.3) is 0 Å². The minimum absolute atomic E-state index is 0.178. The fourth-order valence-electron chi connectivity index (χ4n) is 2.06. The lowest BCUT2D eigenvalue weighted by Gasteiger charge is -2.34. The number of likely N-dealkylation sites (N-methyl/N-ethyl adjacent to an activating group) is 1. The zero-order chi connectivity index (χ0) is 13.8. The fraction of sp³-hybridized carbons (Fsp3) is 0.600. The number of halogens is 1. The van der Waals surface area contributed by atoms with E-state index in [1.165, 1.54) is 6.07 Å². The van der Waals surface area contributed by atoms with Crippen LogP contribution in [0.3, 0.4) is 0 Å². The molecule has 0 saturated carbocycles. The van der Waals surface area contributed by atoms with Crippen LogP contribution in [0.4, 0.5) is 4.39 Å². The van der Waals surface area contributed by atoms with Gasteiger partial charge in [-0.25, -0.2) is 4.39 Å². The molecule has 1 rings (SSSR count). The number of ether oxygens (including phenoxy) is 1. The Balaban J connectivity index is 2.89. The molecule has 1 N–H and O–H groups in total. The van der Waals surface area contributed by atoms with E-state index in [-0.39, 0.29) is 17.5 Å². The Bertz CT molecular complexity index is 390. The standard InChI is InChI=1S/C15H24FNO/c1-6-17-14(15(3,4)18-5)10-12-7-8-13(16)9-11(12)2/h7-9,14,17H,6,10H2,1-5H3. The monoisotopic (exact) mass is 253 g/mol. The number of benzene rings is 1. The van der Waals surface area contributed by atoms with Crippen LogP contribution in [-0.2, 0) is 11.2 Å². The molecule has 0 aliphatic rings. The molecule has 3 heteroatoms. The van der Waals surface area contributed by atoms with E-state index in [0.29, 0.717) is 0 Å². The molecule has 1 aromatic rings. The number of hydrogen-bond acceptors (Lipinski definition) is 2. The van der Waals surface area contributed by atoms with Gasteiger partial charge in [-0.05, 0) is 57.0 Å². The van der Waals surface area contributed by atoms with E-state index in [4.69, 9.17) is 4.74 Å². The maximum absolute atomic E-state index is 13.1. The average Bonchev–Trinajstić information content (AvgIpc) is 2.31. The van der Waals surface area contributed by atoms with Gasteiger partial charge in [0.1, 0.15) is 5.82 Å². The van der Waals surface area contributed by atoms with Crippen molar-refractivity contribution in [3.63, 3.8) is 0 Å². The summed E-state index contributed by atoms with van der Waals surface area (Å²) in [5.74, 6) is -0.178. The van der Waals surface area contributed by atoms with Gasteiger partial charge in [-0.15, -0.1) is 0 Å². The predicted molar refractivity (Wildman–Crippen MR) is 73.4 cm³/mol. The molecule has 0 aromatic heterocycles. The summed E-state index contributed by atoms with van der Waals surface area (Å²) in [5.41, 5.74) is 1.90. The molecule has 2 nitrogen and oxygen atoms in total. The van der Waals surface area contributed by atoms with Crippen molar-refractivity contribution >= 4 is 0 Å². The van der Waals surface area contributed by atoms with Gasteiger partial charge in [0, 0.05) is 13.2 Å². The number of hydrogen-bond donors (Lipinski definition) is 1. The summed E-state index contributed by atoms with van der Waals surface area (Å²) in [4.78, 5) is 0. The van der Waals surface area contributed by atoms with Crippen LogP contribution in [0.5, 0.6) is 0 Å². The summed E-state index contributed by atoms with van der Waals surface area (Å²) in [6.45, 7) is 9.05. The Kier molecular flexibility index (Phi) is 5.29. The molecule has 18 heavy (non-hydrogen) atoms. The summed E-state index contributed by atoms with van der Waals surface area (Å²) < 4.78 is 18.6. The van der Waals surface area contributed by atoms with E-state index < -0.39 is 0 Å². The highest BCUT2D eigenvalue weighted by atomic mass is 19.1. The molecule has 0 aliphatic carbocycles. The molecule has 102 valence electrons. The maximum Gasteiger partial charge on any atom is 0.123 e. The van der Waals surface area contributed by atoms with Gasteiger partial charge in [-0.2, -0.15) is 0 Å². The minimum atomic E-state index is -0.253. The van der Waals surface area contributed by atoms with E-state index in [2.05, 4.69) is 26.1 Å². The maximum atomic E-state index is 13.1. The Morgan fingerprint density at radius 1 is 1.39 bits per heavy atom. The highest BCUT2D eigenvalue weighted by molar-refractivity contribution is 5.27. The van der Waals surface area contributed by atoms with Gasteiger partial charge in [0.2, 0.25) is 0 Å². The molecule has 1 atom stereocenters. The molecule has 0 amide bonds. The Morgan fingerprint density at radius 3 is 2.56 bits per heavy atom. The van der Waals surface area contributed by atoms with Gasteiger partial charge in [0.05, 0.1) is 5.60 Å². The topological polar surface area (TPSA) is 21.3 Å². The number of methoxy groups -OCH3 is 1. The van der Waals surface area contributed by atoms with Crippen molar-refractivity contribution in [3.8, 4) is 0 Å². The first-order valence-electron chi connectivity index (χ1n) is 6.44. The molecular weight excluding hydrogens is 229 g/mol. The SMILES string of the molecule is CCNC(Cc1ccc(F)cc1C)C(C)(C)OC. The second kappa shape index (κ2) is 6.30. The first-order valence-corrected chi connectivity index (χ1v) is 6.44. The minimum Gasteiger partial charge on any atom is -0.377 e. The van der Waals surface area contributed by atoms with Crippen molar-refractivity contribution in [2.24, 2.45) is 0 Å². The van der Waals surface area contributed by atoms with E-state index in [1.807, 2.05) is 13.0 Å². The number of nitrogens with one attached hydrogen (secondary N) is 1. The van der Waals surface area contributed by atoms with Crippen molar-refractivity contribution in [3.05, 3.63) is 35.1 Å². The molecule has 1 aromatic carbocycles. The molecule has 0 aliphatic heterocycles. The zero-order valence-electron chi connectivity index (χ0n) is 12.0. The molecule has 0 spiro atoms. The smallest absolute Gasteiger partial charge is 0.123 e. The first-order chi connectivity index (χ1) is 8.40. The molecule has 0 saturated heterocycles. The quantitative estimate of drug-likeness (QED) is 0.841. The summed E-state index contributed by atoms with van der Waals surface area (Å²) >= 11 is 0. The average molecular weight is 253 g/mol. The molecule has 0 fully saturated rings. The molecule has 0 heterocycles. The third kappa shape index (κ3) is 3.79. The second-order valence-electron chi connectivity index (χ2n) is 5.19. The lowest BCUT2D eigenvalue weighted by atomic mass is 9.90. The summed E-state index contributed by atoms with van der Waals surface area (Å²) in [6.07, 6.45) is 0.834. The summed E-state index contributed by atoms with van der Waals surface area (Å²) in [6, 6.07) is 5.17. The van der Waals surface area contributed by atoms with Crippen molar-refractivity contribution in [1.82, 2.24) is 5.32 Å². The van der Waals surface area contributed by atoms with Crippen LogP contribution in [0, 0.1) is 12.7 Å². The molecule has 0 radical (unpaired) electrons. The Hall–Kier alpha value is -0.930. The second-order valence-corrected chi connectivity index (χ2v) is 5.19. The van der Waals surface area contributed by atoms with Crippen LogP contribution < -0.4 is 5.32 Å². The highest BCUT2D eigenvalue weighted by Crippen LogP contribution is 2.20. The van der Waals surface area contributed by atoms with Crippen LogP contribution in [0.25, 0.3) is 0 Å². The fourth-order valence-corrected chi connectivity index (χ4v) is 2.06. The van der Waals surface area contributed by atoms with Crippen molar-refractivity contribution in [2.45, 2.75) is 45.8 Å². The van der Waals surface area contributed by atoms with Crippen LogP contribution >= 0.6 is 0 Å². The van der Waals surface area contributed by atoms with Crippen LogP contribution in [0.15, 0.2) is 18.2 Å². The number of rotatable bonds is 6. The molecule has 1 unspecified atom stereocenters. The van der Waals surface area contributed by atoms with E-state index in [0.717, 1.165) is 24.1 Å². The first kappa shape index (κ1) is 15.1.